The van der Waals surface area contributed by atoms with E-state index in [4.69, 9.17) is 4.42 Å². The van der Waals surface area contributed by atoms with Crippen LogP contribution in [0.5, 0.6) is 0 Å². The first-order valence-electron chi connectivity index (χ1n) is 16.1. The van der Waals surface area contributed by atoms with E-state index in [1.807, 2.05) is 0 Å². The number of hydrogen-bond acceptors (Lipinski definition) is 1. The van der Waals surface area contributed by atoms with Crippen LogP contribution in [-0.2, 0) is 0 Å². The van der Waals surface area contributed by atoms with Gasteiger partial charge in [-0.15, -0.1) is 0 Å². The lowest BCUT2D eigenvalue weighted by Gasteiger charge is -2.13. The molecule has 0 unspecified atom stereocenters. The fourth-order valence-electron chi connectivity index (χ4n) is 6.84. The number of benzene rings is 8. The lowest BCUT2D eigenvalue weighted by molar-refractivity contribution is 0.670. The number of furan rings is 1. The molecule has 1 heterocycles. The second kappa shape index (κ2) is 11.3. The Kier molecular flexibility index (Phi) is 6.54. The molecule has 0 aliphatic carbocycles. The lowest BCUT2D eigenvalue weighted by atomic mass is 9.91. The van der Waals surface area contributed by atoms with Crippen LogP contribution >= 0.6 is 0 Å². The molecule has 0 radical (unpaired) electrons. The number of fused-ring (bicyclic) bond motifs is 4. The second-order valence-corrected chi connectivity index (χ2v) is 12.2. The van der Waals surface area contributed by atoms with Gasteiger partial charge in [-0.05, 0) is 103 Å². The summed E-state index contributed by atoms with van der Waals surface area (Å²) in [7, 11) is 0. The Hall–Kier alpha value is -6.18. The van der Waals surface area contributed by atoms with Gasteiger partial charge in [0, 0.05) is 16.3 Å². The van der Waals surface area contributed by atoms with E-state index >= 15 is 0 Å². The fraction of sp³-hybridized carbons (Fsp3) is 0. The first-order valence-corrected chi connectivity index (χ1v) is 16.1. The summed E-state index contributed by atoms with van der Waals surface area (Å²) in [5.74, 6) is 0. The van der Waals surface area contributed by atoms with Gasteiger partial charge in [-0.2, -0.15) is 0 Å². The van der Waals surface area contributed by atoms with Gasteiger partial charge in [-0.3, -0.25) is 0 Å². The van der Waals surface area contributed by atoms with Crippen LogP contribution in [0.3, 0.4) is 0 Å². The predicted molar refractivity (Wildman–Crippen MR) is 198 cm³/mol. The lowest BCUT2D eigenvalue weighted by Crippen LogP contribution is -1.88. The number of rotatable bonds is 5. The summed E-state index contributed by atoms with van der Waals surface area (Å²) < 4.78 is 6.69. The highest BCUT2D eigenvalue weighted by molar-refractivity contribution is 6.13. The van der Waals surface area contributed by atoms with Gasteiger partial charge in [-0.25, -0.2) is 0 Å². The molecule has 0 saturated carbocycles. The van der Waals surface area contributed by atoms with Crippen LogP contribution in [0.1, 0.15) is 0 Å². The smallest absolute Gasteiger partial charge is 0.143 e. The Morgan fingerprint density at radius 1 is 0.277 bits per heavy atom. The zero-order chi connectivity index (χ0) is 31.2. The van der Waals surface area contributed by atoms with E-state index in [1.54, 1.807) is 0 Å². The van der Waals surface area contributed by atoms with Crippen molar-refractivity contribution in [3.05, 3.63) is 182 Å². The van der Waals surface area contributed by atoms with Crippen LogP contribution in [0.4, 0.5) is 0 Å². The van der Waals surface area contributed by atoms with Crippen molar-refractivity contribution in [1.29, 1.82) is 0 Å². The first-order chi connectivity index (χ1) is 23.3. The average molecular weight is 599 g/mol. The summed E-state index contributed by atoms with van der Waals surface area (Å²) in [5, 5.41) is 4.67. The molecular formula is C46H30O. The summed E-state index contributed by atoms with van der Waals surface area (Å²) in [6.45, 7) is 0. The molecule has 0 saturated heterocycles. The van der Waals surface area contributed by atoms with E-state index in [1.165, 1.54) is 55.3 Å². The van der Waals surface area contributed by atoms with Gasteiger partial charge in [0.05, 0.1) is 0 Å². The second-order valence-electron chi connectivity index (χ2n) is 12.2. The van der Waals surface area contributed by atoms with Gasteiger partial charge in [0.1, 0.15) is 11.2 Å². The quantitative estimate of drug-likeness (QED) is 0.192. The van der Waals surface area contributed by atoms with Gasteiger partial charge in [0.2, 0.25) is 0 Å². The molecule has 47 heavy (non-hydrogen) atoms. The zero-order valence-electron chi connectivity index (χ0n) is 25.7. The summed E-state index contributed by atoms with van der Waals surface area (Å²) in [5.41, 5.74) is 13.5. The normalized spacial score (nSPS) is 11.4. The van der Waals surface area contributed by atoms with Crippen molar-refractivity contribution in [3.8, 4) is 55.6 Å². The molecule has 0 aliphatic rings. The molecule has 1 aromatic heterocycles. The van der Waals surface area contributed by atoms with Gasteiger partial charge in [0.25, 0.3) is 0 Å². The highest BCUT2D eigenvalue weighted by Crippen LogP contribution is 2.41. The molecule has 0 N–H and O–H groups in total. The van der Waals surface area contributed by atoms with Crippen molar-refractivity contribution in [1.82, 2.24) is 0 Å². The van der Waals surface area contributed by atoms with Crippen LogP contribution in [0.15, 0.2) is 186 Å². The maximum absolute atomic E-state index is 6.69. The molecule has 0 aliphatic heterocycles. The van der Waals surface area contributed by atoms with E-state index in [0.29, 0.717) is 0 Å². The van der Waals surface area contributed by atoms with Gasteiger partial charge >= 0.3 is 0 Å². The topological polar surface area (TPSA) is 13.1 Å². The Labute approximate surface area is 274 Å². The van der Waals surface area contributed by atoms with Crippen LogP contribution < -0.4 is 0 Å². The van der Waals surface area contributed by atoms with Crippen molar-refractivity contribution in [2.75, 3.05) is 0 Å². The molecule has 9 rings (SSSR count). The highest BCUT2D eigenvalue weighted by Gasteiger charge is 2.16. The minimum absolute atomic E-state index is 0.911. The Morgan fingerprint density at radius 3 is 1.32 bits per heavy atom. The summed E-state index contributed by atoms with van der Waals surface area (Å²) in [6.07, 6.45) is 0. The fourth-order valence-corrected chi connectivity index (χ4v) is 6.84. The maximum Gasteiger partial charge on any atom is 0.143 e. The zero-order valence-corrected chi connectivity index (χ0v) is 25.7. The average Bonchev–Trinajstić information content (AvgIpc) is 3.52. The van der Waals surface area contributed by atoms with Crippen LogP contribution in [-0.4, -0.2) is 0 Å². The third kappa shape index (κ3) is 4.99. The third-order valence-corrected chi connectivity index (χ3v) is 9.22. The summed E-state index contributed by atoms with van der Waals surface area (Å²) >= 11 is 0. The van der Waals surface area contributed by atoms with Gasteiger partial charge in [-0.1, -0.05) is 140 Å². The van der Waals surface area contributed by atoms with E-state index in [9.17, 15) is 0 Å². The van der Waals surface area contributed by atoms with Crippen molar-refractivity contribution in [2.45, 2.75) is 0 Å². The number of hydrogen-bond donors (Lipinski definition) is 0. The van der Waals surface area contributed by atoms with Crippen molar-refractivity contribution in [2.24, 2.45) is 0 Å². The minimum Gasteiger partial charge on any atom is -0.455 e. The number of para-hydroxylation sites is 1. The molecule has 1 heteroatoms. The minimum atomic E-state index is 0.911. The first kappa shape index (κ1) is 27.2. The monoisotopic (exact) mass is 598 g/mol. The van der Waals surface area contributed by atoms with Crippen LogP contribution in [0.25, 0.3) is 88.3 Å². The molecule has 1 nitrogen and oxygen atoms in total. The highest BCUT2D eigenvalue weighted by atomic mass is 16.3. The van der Waals surface area contributed by atoms with E-state index in [-0.39, 0.29) is 0 Å². The largest absolute Gasteiger partial charge is 0.455 e. The van der Waals surface area contributed by atoms with Crippen LogP contribution in [0.2, 0.25) is 0 Å². The Balaban J connectivity index is 1.26. The molecule has 0 spiro atoms. The summed E-state index contributed by atoms with van der Waals surface area (Å²) in [4.78, 5) is 0. The molecule has 0 bridgehead atoms. The Bertz CT molecular complexity index is 2450. The van der Waals surface area contributed by atoms with Crippen molar-refractivity contribution >= 4 is 32.7 Å². The molecule has 220 valence electrons. The van der Waals surface area contributed by atoms with Crippen molar-refractivity contribution < 1.29 is 4.42 Å². The molecule has 0 fully saturated rings. The van der Waals surface area contributed by atoms with E-state index in [2.05, 4.69) is 182 Å². The molecule has 0 atom stereocenters. The molecule has 8 aromatic carbocycles. The van der Waals surface area contributed by atoms with Gasteiger partial charge < -0.3 is 4.42 Å². The van der Waals surface area contributed by atoms with Crippen LogP contribution in [0, 0.1) is 0 Å². The van der Waals surface area contributed by atoms with E-state index in [0.717, 1.165) is 33.1 Å². The maximum atomic E-state index is 6.69. The Morgan fingerprint density at radius 2 is 0.723 bits per heavy atom. The van der Waals surface area contributed by atoms with Gasteiger partial charge in [0.15, 0.2) is 0 Å². The molecule has 0 amide bonds. The standard InChI is InChI=1S/C46H30O/c1-3-12-31(13-4-1)33-18-9-20-35(24-33)39-26-40(36-21-10-19-34(25-36)32-14-5-2-6-15-32)28-41(27-39)42-22-11-23-43-44-29-37-16-7-8-17-38(37)30-45(44)47-46(42)43/h1-30H. The third-order valence-electron chi connectivity index (χ3n) is 9.22. The predicted octanol–water partition coefficient (Wildman–Crippen LogP) is 13.1. The summed E-state index contributed by atoms with van der Waals surface area (Å²) in [6, 6.07) is 65.3. The molecule has 9 aromatic rings. The van der Waals surface area contributed by atoms with Crippen molar-refractivity contribution in [3.63, 3.8) is 0 Å². The SMILES string of the molecule is c1ccc(-c2cccc(-c3cc(-c4cccc(-c5ccccc5)c4)cc(-c4cccc5c4oc4cc6ccccc6cc45)c3)c2)cc1. The van der Waals surface area contributed by atoms with E-state index < -0.39 is 0 Å². The molecular weight excluding hydrogens is 569 g/mol.